The number of Topliss-reactive ketones (excluding diaryl/α,β-unsaturated/α-hetero) is 2. The number of azo groups is 2. The van der Waals surface area contributed by atoms with E-state index in [2.05, 4.69) is 41.7 Å². The molecule has 70 heavy (non-hydrogen) atoms. The molecular weight excluding hydrogens is 1020 g/mol. The molecule has 5 aromatic rings. The van der Waals surface area contributed by atoms with E-state index >= 15 is 0 Å². The predicted octanol–water partition coefficient (Wildman–Crippen LogP) is 13.3. The van der Waals surface area contributed by atoms with E-state index in [0.717, 1.165) is 62.4 Å². The van der Waals surface area contributed by atoms with E-state index < -0.39 is 92.2 Å². The summed E-state index contributed by atoms with van der Waals surface area (Å²) in [6.45, 7) is 5.60. The SMILES string of the molecule is CCc1cc(NC(=O)C(N=Nc2cc(Cl)cc(C(=O)Nc3cccc(Cl)c3C(F)(F)F)c2)C(C)=O)c(CC)cc1NC(=O)C(N=Nc1cc(Cl)cc(C(=O)Nc2cccc(Cl)c2C(F)(F)F)c1)C(C)=O. The minimum absolute atomic E-state index is 0.0832. The Bertz CT molecular complexity index is 2770. The van der Waals surface area contributed by atoms with Crippen LogP contribution in [0.25, 0.3) is 0 Å². The Hall–Kier alpha value is -6.74. The lowest BCUT2D eigenvalue weighted by Crippen LogP contribution is -2.33. The van der Waals surface area contributed by atoms with Gasteiger partial charge in [0, 0.05) is 32.5 Å². The highest BCUT2D eigenvalue weighted by atomic mass is 35.5. The lowest BCUT2D eigenvalue weighted by atomic mass is 10.0. The minimum Gasteiger partial charge on any atom is -0.323 e. The van der Waals surface area contributed by atoms with Gasteiger partial charge in [-0.1, -0.05) is 72.4 Å². The van der Waals surface area contributed by atoms with Crippen LogP contribution in [0.2, 0.25) is 20.1 Å². The maximum atomic E-state index is 13.7. The molecule has 0 aliphatic heterocycles. The fourth-order valence-corrected chi connectivity index (χ4v) is 7.56. The molecule has 5 rings (SSSR count). The average Bonchev–Trinajstić information content (AvgIpc) is 3.25. The van der Waals surface area contributed by atoms with Crippen LogP contribution in [0.1, 0.15) is 70.7 Å². The van der Waals surface area contributed by atoms with Crippen molar-refractivity contribution >= 4 is 116 Å². The lowest BCUT2D eigenvalue weighted by Gasteiger charge is -2.18. The monoisotopic (exact) mass is 1050 g/mol. The highest BCUT2D eigenvalue weighted by Gasteiger charge is 2.38. The zero-order chi connectivity index (χ0) is 51.8. The Labute approximate surface area is 414 Å². The molecule has 366 valence electrons. The van der Waals surface area contributed by atoms with E-state index in [9.17, 15) is 55.1 Å². The first-order valence-electron chi connectivity index (χ1n) is 20.4. The van der Waals surface area contributed by atoms with Gasteiger partial charge in [0.15, 0.2) is 11.6 Å². The minimum atomic E-state index is -4.90. The predicted molar refractivity (Wildman–Crippen MR) is 252 cm³/mol. The maximum absolute atomic E-state index is 13.7. The summed E-state index contributed by atoms with van der Waals surface area (Å²) in [4.78, 5) is 78.7. The third-order valence-corrected chi connectivity index (χ3v) is 10.9. The van der Waals surface area contributed by atoms with Gasteiger partial charge in [0.05, 0.1) is 43.9 Å². The fourth-order valence-electron chi connectivity index (χ4n) is 6.54. The molecule has 0 spiro atoms. The molecule has 0 radical (unpaired) electrons. The lowest BCUT2D eigenvalue weighted by molar-refractivity contribution is -0.137. The van der Waals surface area contributed by atoms with Crippen LogP contribution in [-0.2, 0) is 44.4 Å². The summed E-state index contributed by atoms with van der Waals surface area (Å²) < 4.78 is 82.2. The first-order valence-corrected chi connectivity index (χ1v) is 21.9. The molecule has 0 aliphatic rings. The number of halogens is 10. The number of amides is 4. The van der Waals surface area contributed by atoms with Gasteiger partial charge in [-0.05, 0) is 111 Å². The van der Waals surface area contributed by atoms with Gasteiger partial charge in [0.25, 0.3) is 23.6 Å². The molecule has 0 aliphatic carbocycles. The van der Waals surface area contributed by atoms with Crippen molar-refractivity contribution in [3.05, 3.63) is 138 Å². The summed E-state index contributed by atoms with van der Waals surface area (Å²) >= 11 is 23.9. The van der Waals surface area contributed by atoms with Crippen molar-refractivity contribution in [2.75, 3.05) is 21.3 Å². The molecule has 2 unspecified atom stereocenters. The van der Waals surface area contributed by atoms with Gasteiger partial charge >= 0.3 is 12.4 Å². The van der Waals surface area contributed by atoms with Crippen molar-refractivity contribution in [2.24, 2.45) is 20.5 Å². The van der Waals surface area contributed by atoms with E-state index in [1.807, 2.05) is 0 Å². The standard InChI is InChI=1S/C46H36Cl4F6N8O6/c1-5-23-17-36(60-44(70)40(22(4)66)64-62-30-16-26(14-28(48)20-30)42(68)58-34-12-8-10-32(50)38(34)46(54,55)56)24(6-2)18-35(23)59-43(69)39(21(3)65)63-61-29-15-25(13-27(47)19-29)41(67)57-33-11-7-9-31(49)37(33)45(51,52)53/h7-20,39-40H,5-6H2,1-4H3,(H,57,67)(H,58,68)(H,59,69)(H,60,70). The number of nitrogens with one attached hydrogen (secondary N) is 4. The molecule has 0 saturated heterocycles. The van der Waals surface area contributed by atoms with E-state index in [4.69, 9.17) is 46.4 Å². The van der Waals surface area contributed by atoms with Crippen LogP contribution in [-0.4, -0.2) is 47.3 Å². The second-order valence-electron chi connectivity index (χ2n) is 14.9. The summed E-state index contributed by atoms with van der Waals surface area (Å²) in [6.07, 6.45) is -9.28. The summed E-state index contributed by atoms with van der Waals surface area (Å²) in [6, 6.07) is 13.0. The Morgan fingerprint density at radius 3 is 1.19 bits per heavy atom. The number of ketones is 2. The number of anilines is 4. The van der Waals surface area contributed by atoms with Gasteiger partial charge in [0.1, 0.15) is 0 Å². The summed E-state index contributed by atoms with van der Waals surface area (Å²) in [7, 11) is 0. The van der Waals surface area contributed by atoms with E-state index in [1.54, 1.807) is 13.8 Å². The van der Waals surface area contributed by atoms with Gasteiger partial charge in [-0.25, -0.2) is 0 Å². The van der Waals surface area contributed by atoms with Crippen LogP contribution in [0.5, 0.6) is 0 Å². The van der Waals surface area contributed by atoms with E-state index in [-0.39, 0.29) is 56.8 Å². The molecule has 2 atom stereocenters. The molecular formula is C46H36Cl4F6N8O6. The second-order valence-corrected chi connectivity index (χ2v) is 16.6. The van der Waals surface area contributed by atoms with Gasteiger partial charge < -0.3 is 21.3 Å². The summed E-state index contributed by atoms with van der Waals surface area (Å²) in [5, 5.41) is 23.8. The van der Waals surface area contributed by atoms with Crippen LogP contribution in [0, 0.1) is 0 Å². The van der Waals surface area contributed by atoms with E-state index in [1.165, 1.54) is 36.4 Å². The van der Waals surface area contributed by atoms with Crippen molar-refractivity contribution < 1.29 is 55.1 Å². The molecule has 14 nitrogen and oxygen atoms in total. The number of alkyl halides is 6. The molecule has 4 amide bonds. The molecule has 5 aromatic carbocycles. The molecule has 0 saturated carbocycles. The first-order chi connectivity index (χ1) is 32.8. The number of aryl methyl sites for hydroxylation is 2. The first kappa shape index (κ1) is 54.2. The summed E-state index contributed by atoms with van der Waals surface area (Å²) in [5.41, 5.74) is -3.20. The van der Waals surface area contributed by atoms with Crippen molar-refractivity contribution in [3.63, 3.8) is 0 Å². The fraction of sp³-hybridized carbons (Fsp3) is 0.217. The Kier molecular flexibility index (Phi) is 17.6. The zero-order valence-corrected chi connectivity index (χ0v) is 39.7. The van der Waals surface area contributed by atoms with Crippen LogP contribution in [0.15, 0.2) is 105 Å². The van der Waals surface area contributed by atoms with Crippen molar-refractivity contribution in [1.82, 2.24) is 0 Å². The van der Waals surface area contributed by atoms with Crippen LogP contribution < -0.4 is 21.3 Å². The topological polar surface area (TPSA) is 200 Å². The third-order valence-electron chi connectivity index (χ3n) is 9.83. The van der Waals surface area contributed by atoms with Gasteiger partial charge in [-0.2, -0.15) is 46.8 Å². The highest BCUT2D eigenvalue weighted by Crippen LogP contribution is 2.41. The quantitative estimate of drug-likeness (QED) is 0.0430. The third kappa shape index (κ3) is 13.7. The van der Waals surface area contributed by atoms with Crippen molar-refractivity contribution in [2.45, 2.75) is 65.0 Å². The van der Waals surface area contributed by atoms with Crippen LogP contribution in [0.4, 0.5) is 60.5 Å². The van der Waals surface area contributed by atoms with Crippen molar-refractivity contribution in [1.29, 1.82) is 0 Å². The smallest absolute Gasteiger partial charge is 0.323 e. The molecule has 4 N–H and O–H groups in total. The highest BCUT2D eigenvalue weighted by molar-refractivity contribution is 6.33. The number of hydrogen-bond acceptors (Lipinski definition) is 10. The Morgan fingerprint density at radius 2 is 0.871 bits per heavy atom. The van der Waals surface area contributed by atoms with Crippen LogP contribution in [0.3, 0.4) is 0 Å². The van der Waals surface area contributed by atoms with Gasteiger partial charge in [-0.3, -0.25) is 28.8 Å². The van der Waals surface area contributed by atoms with E-state index in [0.29, 0.717) is 11.1 Å². The number of nitrogens with zero attached hydrogens (tertiary/aromatic N) is 4. The van der Waals surface area contributed by atoms with Crippen molar-refractivity contribution in [3.8, 4) is 0 Å². The second kappa shape index (κ2) is 22.8. The molecule has 24 heteroatoms. The number of carbonyl (C=O) groups excluding carboxylic acids is 6. The van der Waals surface area contributed by atoms with Crippen LogP contribution >= 0.6 is 46.4 Å². The van der Waals surface area contributed by atoms with Gasteiger partial charge in [-0.15, -0.1) is 0 Å². The molecule has 0 heterocycles. The molecule has 0 bridgehead atoms. The largest absolute Gasteiger partial charge is 0.419 e. The number of rotatable bonds is 16. The number of benzene rings is 5. The number of hydrogen-bond donors (Lipinski definition) is 4. The normalized spacial score (nSPS) is 12.7. The number of carbonyl (C=O) groups is 6. The molecule has 0 aromatic heterocycles. The van der Waals surface area contributed by atoms with Gasteiger partial charge in [0.2, 0.25) is 12.1 Å². The Balaban J connectivity index is 1.32. The molecule has 0 fully saturated rings. The average molecular weight is 1050 g/mol. The summed E-state index contributed by atoms with van der Waals surface area (Å²) in [5.74, 6) is -5.40. The maximum Gasteiger partial charge on any atom is 0.419 e. The Morgan fingerprint density at radius 1 is 0.514 bits per heavy atom. The zero-order valence-electron chi connectivity index (χ0n) is 36.7.